The highest BCUT2D eigenvalue weighted by Crippen LogP contribution is 2.38. The van der Waals surface area contributed by atoms with Crippen molar-refractivity contribution in [3.8, 4) is 5.75 Å². The lowest BCUT2D eigenvalue weighted by Crippen LogP contribution is -2.38. The first-order chi connectivity index (χ1) is 13.2. The van der Waals surface area contributed by atoms with Crippen molar-refractivity contribution in [3.63, 3.8) is 0 Å². The zero-order valence-electron chi connectivity index (χ0n) is 15.6. The van der Waals surface area contributed by atoms with Crippen LogP contribution in [-0.2, 0) is 9.59 Å². The standard InChI is InChI=1S/C22H26N2O3/c1-27-19-13-11-17(12-14-19)21(16-7-5-6-8-16)22(26)23-15-20(25)24-18-9-3-2-4-10-18/h2-4,9-14,16,21H,5-8,15H2,1H3,(H,23,26)(H,24,25). The van der Waals surface area contributed by atoms with Gasteiger partial charge in [0.15, 0.2) is 0 Å². The molecule has 1 saturated carbocycles. The van der Waals surface area contributed by atoms with E-state index in [-0.39, 0.29) is 24.3 Å². The highest BCUT2D eigenvalue weighted by molar-refractivity contribution is 5.95. The quantitative estimate of drug-likeness (QED) is 0.785. The molecule has 0 saturated heterocycles. The van der Waals surface area contributed by atoms with Crippen LogP contribution in [0, 0.1) is 5.92 Å². The van der Waals surface area contributed by atoms with Gasteiger partial charge in [-0.3, -0.25) is 9.59 Å². The molecule has 0 heterocycles. The largest absolute Gasteiger partial charge is 0.497 e. The summed E-state index contributed by atoms with van der Waals surface area (Å²) in [7, 11) is 1.63. The van der Waals surface area contributed by atoms with E-state index in [1.807, 2.05) is 54.6 Å². The average Bonchev–Trinajstić information content (AvgIpc) is 3.22. The molecule has 2 N–H and O–H groups in total. The molecule has 0 bridgehead atoms. The van der Waals surface area contributed by atoms with E-state index in [9.17, 15) is 9.59 Å². The van der Waals surface area contributed by atoms with E-state index < -0.39 is 0 Å². The number of para-hydroxylation sites is 1. The van der Waals surface area contributed by atoms with Gasteiger partial charge >= 0.3 is 0 Å². The van der Waals surface area contributed by atoms with Crippen LogP contribution in [0.2, 0.25) is 0 Å². The lowest BCUT2D eigenvalue weighted by molar-refractivity contribution is -0.126. The number of ether oxygens (including phenoxy) is 1. The monoisotopic (exact) mass is 366 g/mol. The summed E-state index contributed by atoms with van der Waals surface area (Å²) in [5.74, 6) is 0.537. The lowest BCUT2D eigenvalue weighted by atomic mass is 9.84. The molecule has 1 aliphatic carbocycles. The Morgan fingerprint density at radius 2 is 1.70 bits per heavy atom. The molecule has 1 unspecified atom stereocenters. The van der Waals surface area contributed by atoms with E-state index in [0.717, 1.165) is 42.7 Å². The third-order valence-electron chi connectivity index (χ3n) is 5.11. The zero-order chi connectivity index (χ0) is 19.1. The zero-order valence-corrected chi connectivity index (χ0v) is 15.6. The van der Waals surface area contributed by atoms with Gasteiger partial charge in [-0.15, -0.1) is 0 Å². The highest BCUT2D eigenvalue weighted by Gasteiger charge is 2.32. The molecule has 3 rings (SSSR count). The van der Waals surface area contributed by atoms with Crippen LogP contribution in [0.5, 0.6) is 5.75 Å². The van der Waals surface area contributed by atoms with Crippen molar-refractivity contribution in [2.45, 2.75) is 31.6 Å². The topological polar surface area (TPSA) is 67.4 Å². The minimum absolute atomic E-state index is 0.0346. The summed E-state index contributed by atoms with van der Waals surface area (Å²) in [6, 6.07) is 16.9. The molecule has 0 spiro atoms. The summed E-state index contributed by atoms with van der Waals surface area (Å²) < 4.78 is 5.22. The number of carbonyl (C=O) groups is 2. The summed E-state index contributed by atoms with van der Waals surface area (Å²) in [5.41, 5.74) is 1.70. The van der Waals surface area contributed by atoms with Gasteiger partial charge in [0.25, 0.3) is 0 Å². The van der Waals surface area contributed by atoms with Gasteiger partial charge in [0.1, 0.15) is 5.75 Å². The SMILES string of the molecule is COc1ccc(C(C(=O)NCC(=O)Nc2ccccc2)C2CCCC2)cc1. The first kappa shape index (κ1) is 19.0. The molecular formula is C22H26N2O3. The fourth-order valence-corrected chi connectivity index (χ4v) is 3.74. The van der Waals surface area contributed by atoms with Crippen LogP contribution in [0.15, 0.2) is 54.6 Å². The number of nitrogens with one attached hydrogen (secondary N) is 2. The molecule has 2 aromatic rings. The van der Waals surface area contributed by atoms with Crippen molar-refractivity contribution < 1.29 is 14.3 Å². The Morgan fingerprint density at radius 3 is 2.33 bits per heavy atom. The Balaban J connectivity index is 1.64. The van der Waals surface area contributed by atoms with Gasteiger partial charge in [0, 0.05) is 5.69 Å². The molecule has 0 radical (unpaired) electrons. The minimum Gasteiger partial charge on any atom is -0.497 e. The van der Waals surface area contributed by atoms with Crippen molar-refractivity contribution in [3.05, 3.63) is 60.2 Å². The Morgan fingerprint density at radius 1 is 1.04 bits per heavy atom. The number of benzene rings is 2. The molecule has 0 aliphatic heterocycles. The number of hydrogen-bond acceptors (Lipinski definition) is 3. The van der Waals surface area contributed by atoms with E-state index in [4.69, 9.17) is 4.74 Å². The molecule has 2 aromatic carbocycles. The molecular weight excluding hydrogens is 340 g/mol. The maximum absolute atomic E-state index is 12.9. The van der Waals surface area contributed by atoms with E-state index in [1.54, 1.807) is 7.11 Å². The number of methoxy groups -OCH3 is 1. The minimum atomic E-state index is -0.233. The number of anilines is 1. The van der Waals surface area contributed by atoms with Gasteiger partial charge in [-0.1, -0.05) is 43.2 Å². The second-order valence-electron chi connectivity index (χ2n) is 6.93. The second-order valence-corrected chi connectivity index (χ2v) is 6.93. The van der Waals surface area contributed by atoms with E-state index in [2.05, 4.69) is 10.6 Å². The highest BCUT2D eigenvalue weighted by atomic mass is 16.5. The van der Waals surface area contributed by atoms with Gasteiger partial charge in [0.05, 0.1) is 19.6 Å². The van der Waals surface area contributed by atoms with Gasteiger partial charge in [-0.05, 0) is 48.6 Å². The maximum Gasteiger partial charge on any atom is 0.243 e. The number of amides is 2. The normalized spacial score (nSPS) is 15.1. The van der Waals surface area contributed by atoms with E-state index in [0.29, 0.717) is 5.92 Å². The molecule has 142 valence electrons. The first-order valence-corrected chi connectivity index (χ1v) is 9.44. The lowest BCUT2D eigenvalue weighted by Gasteiger charge is -2.23. The fraction of sp³-hybridized carbons (Fsp3) is 0.364. The van der Waals surface area contributed by atoms with Crippen LogP contribution in [0.25, 0.3) is 0 Å². The Labute approximate surface area is 160 Å². The van der Waals surface area contributed by atoms with Crippen LogP contribution in [0.1, 0.15) is 37.2 Å². The second kappa shape index (κ2) is 9.21. The predicted molar refractivity (Wildman–Crippen MR) is 106 cm³/mol. The average molecular weight is 366 g/mol. The van der Waals surface area contributed by atoms with Gasteiger partial charge in [-0.2, -0.15) is 0 Å². The van der Waals surface area contributed by atoms with Crippen LogP contribution < -0.4 is 15.4 Å². The Hall–Kier alpha value is -2.82. The number of hydrogen-bond donors (Lipinski definition) is 2. The summed E-state index contributed by atoms with van der Waals surface area (Å²) >= 11 is 0. The molecule has 5 nitrogen and oxygen atoms in total. The molecule has 1 aliphatic rings. The fourth-order valence-electron chi connectivity index (χ4n) is 3.74. The smallest absolute Gasteiger partial charge is 0.243 e. The Kier molecular flexibility index (Phi) is 6.47. The molecule has 1 atom stereocenters. The van der Waals surface area contributed by atoms with Gasteiger partial charge in [-0.25, -0.2) is 0 Å². The van der Waals surface area contributed by atoms with Gasteiger partial charge in [0.2, 0.25) is 11.8 Å². The molecule has 5 heteroatoms. The third-order valence-corrected chi connectivity index (χ3v) is 5.11. The number of rotatable bonds is 7. The maximum atomic E-state index is 12.9. The number of carbonyl (C=O) groups excluding carboxylic acids is 2. The van der Waals surface area contributed by atoms with Crippen molar-refractivity contribution in [2.24, 2.45) is 5.92 Å². The van der Waals surface area contributed by atoms with Gasteiger partial charge < -0.3 is 15.4 Å². The Bertz CT molecular complexity index is 753. The molecule has 27 heavy (non-hydrogen) atoms. The first-order valence-electron chi connectivity index (χ1n) is 9.44. The summed E-state index contributed by atoms with van der Waals surface area (Å²) in [4.78, 5) is 25.1. The van der Waals surface area contributed by atoms with Crippen LogP contribution >= 0.6 is 0 Å². The van der Waals surface area contributed by atoms with Crippen molar-refractivity contribution in [2.75, 3.05) is 19.0 Å². The summed E-state index contributed by atoms with van der Waals surface area (Å²) in [6.07, 6.45) is 4.39. The summed E-state index contributed by atoms with van der Waals surface area (Å²) in [5, 5.41) is 5.61. The van der Waals surface area contributed by atoms with Crippen LogP contribution in [0.3, 0.4) is 0 Å². The molecule has 1 fully saturated rings. The van der Waals surface area contributed by atoms with Crippen molar-refractivity contribution >= 4 is 17.5 Å². The van der Waals surface area contributed by atoms with E-state index in [1.165, 1.54) is 0 Å². The van der Waals surface area contributed by atoms with Crippen molar-refractivity contribution in [1.82, 2.24) is 5.32 Å². The van der Waals surface area contributed by atoms with E-state index >= 15 is 0 Å². The van der Waals surface area contributed by atoms with Crippen molar-refractivity contribution in [1.29, 1.82) is 0 Å². The summed E-state index contributed by atoms with van der Waals surface area (Å²) in [6.45, 7) is -0.0346. The third kappa shape index (κ3) is 5.09. The predicted octanol–water partition coefficient (Wildman–Crippen LogP) is 3.72. The van der Waals surface area contributed by atoms with Crippen LogP contribution in [-0.4, -0.2) is 25.5 Å². The molecule has 0 aromatic heterocycles. The van der Waals surface area contributed by atoms with Crippen LogP contribution in [0.4, 0.5) is 5.69 Å². The molecule has 2 amide bonds.